The summed E-state index contributed by atoms with van der Waals surface area (Å²) in [5, 5.41) is 3.96. The first kappa shape index (κ1) is 23.8. The molecule has 186 valence electrons. The molecule has 10 heteroatoms. The Morgan fingerprint density at radius 1 is 0.944 bits per heavy atom. The molecule has 0 atom stereocenters. The van der Waals surface area contributed by atoms with Gasteiger partial charge < -0.3 is 18.9 Å². The van der Waals surface area contributed by atoms with E-state index in [-0.39, 0.29) is 17.3 Å². The quantitative estimate of drug-likeness (QED) is 0.409. The molecular formula is C26H24F3N5O2. The smallest absolute Gasteiger partial charge is 0.369 e. The van der Waals surface area contributed by atoms with Crippen molar-refractivity contribution in [2.24, 2.45) is 0 Å². The predicted octanol–water partition coefficient (Wildman–Crippen LogP) is 4.38. The lowest BCUT2D eigenvalue weighted by molar-refractivity contribution is -0.137. The van der Waals surface area contributed by atoms with E-state index in [4.69, 9.17) is 4.52 Å². The third-order valence-corrected chi connectivity index (χ3v) is 6.26. The summed E-state index contributed by atoms with van der Waals surface area (Å²) in [6.07, 6.45) is -2.76. The van der Waals surface area contributed by atoms with Crippen molar-refractivity contribution in [1.29, 1.82) is 0 Å². The Morgan fingerprint density at radius 3 is 2.39 bits per heavy atom. The minimum absolute atomic E-state index is 0.0938. The van der Waals surface area contributed by atoms with E-state index in [0.717, 1.165) is 49.6 Å². The van der Waals surface area contributed by atoms with Crippen molar-refractivity contribution in [1.82, 2.24) is 19.6 Å². The molecule has 0 aliphatic carbocycles. The molecule has 2 aromatic carbocycles. The molecule has 0 radical (unpaired) electrons. The molecule has 3 heterocycles. The van der Waals surface area contributed by atoms with Crippen LogP contribution in [0.2, 0.25) is 0 Å². The van der Waals surface area contributed by atoms with Crippen LogP contribution in [0.1, 0.15) is 11.1 Å². The van der Waals surface area contributed by atoms with E-state index in [1.54, 1.807) is 16.8 Å². The molecule has 0 amide bonds. The lowest BCUT2D eigenvalue weighted by Gasteiger charge is -2.34. The van der Waals surface area contributed by atoms with E-state index >= 15 is 0 Å². The number of aromatic nitrogens is 3. The van der Waals surface area contributed by atoms with Crippen LogP contribution in [0.4, 0.5) is 18.9 Å². The second-order valence-electron chi connectivity index (χ2n) is 8.84. The maximum atomic E-state index is 12.8. The number of piperazine rings is 1. The summed E-state index contributed by atoms with van der Waals surface area (Å²) in [5.74, 6) is 0.334. The van der Waals surface area contributed by atoms with Gasteiger partial charge in [0.05, 0.1) is 12.1 Å². The molecular weight excluding hydrogens is 471 g/mol. The van der Waals surface area contributed by atoms with Crippen molar-refractivity contribution < 1.29 is 17.7 Å². The standard InChI is InChI=1S/C26H24F3N5O2/c1-32-11-13-33(14-12-32)22-4-2-3-18(15-22)16-34-17-20(7-10-23(34)35)24-30-25(36-31-24)19-5-8-21(9-6-19)26(27,28)29/h2-10,15,17H,11-14,16H2,1H3. The molecule has 1 aliphatic heterocycles. The van der Waals surface area contributed by atoms with E-state index in [2.05, 4.69) is 39.1 Å². The number of hydrogen-bond donors (Lipinski definition) is 0. The minimum atomic E-state index is -4.42. The lowest BCUT2D eigenvalue weighted by atomic mass is 10.1. The Kier molecular flexibility index (Phi) is 6.36. The fourth-order valence-corrected chi connectivity index (χ4v) is 4.16. The van der Waals surface area contributed by atoms with Crippen molar-refractivity contribution in [2.45, 2.75) is 12.7 Å². The highest BCUT2D eigenvalue weighted by molar-refractivity contribution is 5.59. The van der Waals surface area contributed by atoms with Gasteiger partial charge in [0.15, 0.2) is 0 Å². The molecule has 7 nitrogen and oxygen atoms in total. The van der Waals surface area contributed by atoms with Gasteiger partial charge >= 0.3 is 6.18 Å². The number of likely N-dealkylation sites (N-methyl/N-ethyl adjacent to an activating group) is 1. The second kappa shape index (κ2) is 9.62. The zero-order chi connectivity index (χ0) is 25.3. The van der Waals surface area contributed by atoms with Crippen LogP contribution in [-0.4, -0.2) is 52.8 Å². The van der Waals surface area contributed by atoms with Crippen molar-refractivity contribution in [3.63, 3.8) is 0 Å². The van der Waals surface area contributed by atoms with E-state index in [1.165, 1.54) is 18.2 Å². The van der Waals surface area contributed by atoms with Gasteiger partial charge in [0, 0.05) is 55.3 Å². The Balaban J connectivity index is 1.35. The third kappa shape index (κ3) is 5.18. The summed E-state index contributed by atoms with van der Waals surface area (Å²) in [5.41, 5.74) is 2.13. The molecule has 4 aromatic rings. The predicted molar refractivity (Wildman–Crippen MR) is 130 cm³/mol. The molecule has 0 spiro atoms. The molecule has 0 saturated carbocycles. The van der Waals surface area contributed by atoms with Crippen LogP contribution in [0, 0.1) is 0 Å². The largest absolute Gasteiger partial charge is 0.416 e. The van der Waals surface area contributed by atoms with E-state index in [0.29, 0.717) is 17.7 Å². The van der Waals surface area contributed by atoms with Gasteiger partial charge in [-0.3, -0.25) is 4.79 Å². The van der Waals surface area contributed by atoms with Gasteiger partial charge in [0.2, 0.25) is 5.82 Å². The van der Waals surface area contributed by atoms with Gasteiger partial charge in [0.1, 0.15) is 0 Å². The average Bonchev–Trinajstić information content (AvgIpc) is 3.36. The first-order valence-corrected chi connectivity index (χ1v) is 11.5. The fraction of sp³-hybridized carbons (Fsp3) is 0.269. The van der Waals surface area contributed by atoms with Gasteiger partial charge in [-0.1, -0.05) is 17.3 Å². The third-order valence-electron chi connectivity index (χ3n) is 6.26. The van der Waals surface area contributed by atoms with Crippen LogP contribution in [0.15, 0.2) is 76.2 Å². The van der Waals surface area contributed by atoms with Crippen LogP contribution in [-0.2, 0) is 12.7 Å². The van der Waals surface area contributed by atoms with Gasteiger partial charge in [-0.05, 0) is 55.1 Å². The molecule has 0 N–H and O–H groups in total. The fourth-order valence-electron chi connectivity index (χ4n) is 4.16. The number of pyridine rings is 1. The summed E-state index contributed by atoms with van der Waals surface area (Å²) in [6.45, 7) is 4.29. The van der Waals surface area contributed by atoms with Crippen LogP contribution >= 0.6 is 0 Å². The first-order valence-electron chi connectivity index (χ1n) is 11.5. The zero-order valence-electron chi connectivity index (χ0n) is 19.6. The SMILES string of the molecule is CN1CCN(c2cccc(Cn3cc(-c4noc(-c5ccc(C(F)(F)F)cc5)n4)ccc3=O)c2)CC1. The van der Waals surface area contributed by atoms with E-state index < -0.39 is 11.7 Å². The maximum Gasteiger partial charge on any atom is 0.416 e. The summed E-state index contributed by atoms with van der Waals surface area (Å²) in [6, 6.07) is 15.7. The summed E-state index contributed by atoms with van der Waals surface area (Å²) in [7, 11) is 2.11. The number of hydrogen-bond acceptors (Lipinski definition) is 6. The van der Waals surface area contributed by atoms with Gasteiger partial charge in [-0.15, -0.1) is 0 Å². The van der Waals surface area contributed by atoms with Crippen molar-refractivity contribution in [3.05, 3.63) is 88.3 Å². The lowest BCUT2D eigenvalue weighted by Crippen LogP contribution is -2.44. The molecule has 1 saturated heterocycles. The number of benzene rings is 2. The Bertz CT molecular complexity index is 1400. The van der Waals surface area contributed by atoms with Crippen molar-refractivity contribution in [3.8, 4) is 22.8 Å². The molecule has 5 rings (SSSR count). The van der Waals surface area contributed by atoms with Crippen molar-refractivity contribution >= 4 is 5.69 Å². The minimum Gasteiger partial charge on any atom is -0.369 e. The zero-order valence-corrected chi connectivity index (χ0v) is 19.6. The van der Waals surface area contributed by atoms with Gasteiger partial charge in [-0.25, -0.2) is 0 Å². The van der Waals surface area contributed by atoms with Crippen LogP contribution in [0.5, 0.6) is 0 Å². The first-order chi connectivity index (χ1) is 17.3. The number of anilines is 1. The molecule has 1 fully saturated rings. The molecule has 2 aromatic heterocycles. The number of alkyl halides is 3. The Hall–Kier alpha value is -3.92. The monoisotopic (exact) mass is 495 g/mol. The van der Waals surface area contributed by atoms with E-state index in [1.807, 2.05) is 12.1 Å². The molecule has 0 unspecified atom stereocenters. The van der Waals surface area contributed by atoms with Crippen molar-refractivity contribution in [2.75, 3.05) is 38.1 Å². The number of rotatable bonds is 5. The van der Waals surface area contributed by atoms with E-state index in [9.17, 15) is 18.0 Å². The average molecular weight is 496 g/mol. The molecule has 36 heavy (non-hydrogen) atoms. The summed E-state index contributed by atoms with van der Waals surface area (Å²) < 4.78 is 45.3. The summed E-state index contributed by atoms with van der Waals surface area (Å²) >= 11 is 0. The highest BCUT2D eigenvalue weighted by Crippen LogP contribution is 2.31. The number of nitrogens with zero attached hydrogens (tertiary/aromatic N) is 5. The molecule has 1 aliphatic rings. The normalized spacial score (nSPS) is 14.8. The molecule has 0 bridgehead atoms. The van der Waals surface area contributed by atoms with Gasteiger partial charge in [0.25, 0.3) is 11.4 Å². The maximum absolute atomic E-state index is 12.8. The van der Waals surface area contributed by atoms with Gasteiger partial charge in [-0.2, -0.15) is 18.2 Å². The highest BCUT2D eigenvalue weighted by atomic mass is 19.4. The van der Waals surface area contributed by atoms with Crippen LogP contribution < -0.4 is 10.5 Å². The Labute approximate surface area is 205 Å². The Morgan fingerprint density at radius 2 is 1.67 bits per heavy atom. The van der Waals surface area contributed by atoms with Crippen LogP contribution in [0.25, 0.3) is 22.8 Å². The second-order valence-corrected chi connectivity index (χ2v) is 8.84. The van der Waals surface area contributed by atoms with Crippen LogP contribution in [0.3, 0.4) is 0 Å². The highest BCUT2D eigenvalue weighted by Gasteiger charge is 2.30. The topological polar surface area (TPSA) is 67.4 Å². The number of halogens is 3. The summed E-state index contributed by atoms with van der Waals surface area (Å²) in [4.78, 5) is 21.5.